The van der Waals surface area contributed by atoms with Crippen molar-refractivity contribution in [3.63, 3.8) is 0 Å². The first-order valence-corrected chi connectivity index (χ1v) is 6.30. The van der Waals surface area contributed by atoms with Crippen LogP contribution >= 0.6 is 0 Å². The fraction of sp³-hybridized carbons (Fsp3) is 0.500. The van der Waals surface area contributed by atoms with Crippen LogP contribution < -0.4 is 0 Å². The normalized spacial score (nSPS) is 26.5. The molecule has 3 nitrogen and oxygen atoms in total. The highest BCUT2D eigenvalue weighted by Crippen LogP contribution is 2.37. The third-order valence-corrected chi connectivity index (χ3v) is 4.06. The van der Waals surface area contributed by atoms with Crippen LogP contribution in [0.15, 0.2) is 24.3 Å². The number of para-hydroxylation sites is 1. The molecular weight excluding hydrogens is 214 g/mol. The van der Waals surface area contributed by atoms with Crippen LogP contribution in [0.1, 0.15) is 24.8 Å². The smallest absolute Gasteiger partial charge is 0.227 e. The number of amides is 1. The number of nitrogens with zero attached hydrogens (tertiary/aromatic N) is 1. The van der Waals surface area contributed by atoms with Gasteiger partial charge in [0.15, 0.2) is 0 Å². The summed E-state index contributed by atoms with van der Waals surface area (Å²) in [4.78, 5) is 14.2. The van der Waals surface area contributed by atoms with Gasteiger partial charge in [0.2, 0.25) is 5.91 Å². The number of likely N-dealkylation sites (tertiary alicyclic amines) is 1. The lowest BCUT2D eigenvalue weighted by Gasteiger charge is -2.27. The van der Waals surface area contributed by atoms with E-state index in [4.69, 9.17) is 0 Å². The fourth-order valence-corrected chi connectivity index (χ4v) is 3.15. The molecule has 0 spiro atoms. The van der Waals surface area contributed by atoms with Gasteiger partial charge in [0.1, 0.15) is 5.75 Å². The largest absolute Gasteiger partial charge is 0.508 e. The van der Waals surface area contributed by atoms with E-state index in [1.54, 1.807) is 12.1 Å². The standard InChI is InChI=1S/C14H17NO2/c16-13-4-2-1-3-11(13)8-14(17)15-9-10-5-6-12(15)7-10/h1-4,10,12,16H,5-9H2. The first-order valence-electron chi connectivity index (χ1n) is 6.30. The first kappa shape index (κ1) is 10.6. The maximum Gasteiger partial charge on any atom is 0.227 e. The molecule has 0 radical (unpaired) electrons. The quantitative estimate of drug-likeness (QED) is 0.845. The fourth-order valence-electron chi connectivity index (χ4n) is 3.15. The van der Waals surface area contributed by atoms with Crippen LogP contribution in [0, 0.1) is 5.92 Å². The SMILES string of the molecule is O=C(Cc1ccccc1O)N1CC2CCC1C2. The van der Waals surface area contributed by atoms with Crippen molar-refractivity contribution in [3.05, 3.63) is 29.8 Å². The zero-order valence-corrected chi connectivity index (χ0v) is 9.80. The number of piperidine rings is 1. The molecule has 3 rings (SSSR count). The van der Waals surface area contributed by atoms with Crippen molar-refractivity contribution in [1.29, 1.82) is 0 Å². The van der Waals surface area contributed by atoms with Crippen LogP contribution in [0.25, 0.3) is 0 Å². The number of hydrogen-bond donors (Lipinski definition) is 1. The highest BCUT2D eigenvalue weighted by atomic mass is 16.3. The molecule has 1 saturated carbocycles. The highest BCUT2D eigenvalue weighted by Gasteiger charge is 2.39. The summed E-state index contributed by atoms with van der Waals surface area (Å²) in [6.45, 7) is 0.928. The molecule has 1 N–H and O–H groups in total. The van der Waals surface area contributed by atoms with Crippen molar-refractivity contribution < 1.29 is 9.90 Å². The number of carbonyl (C=O) groups excluding carboxylic acids is 1. The Balaban J connectivity index is 1.70. The van der Waals surface area contributed by atoms with Crippen molar-refractivity contribution in [3.8, 4) is 5.75 Å². The van der Waals surface area contributed by atoms with Crippen LogP contribution in [0.3, 0.4) is 0 Å². The third kappa shape index (κ3) is 1.90. The lowest BCUT2D eigenvalue weighted by atomic mass is 10.1. The molecule has 3 heteroatoms. The summed E-state index contributed by atoms with van der Waals surface area (Å²) in [5.74, 6) is 1.12. The summed E-state index contributed by atoms with van der Waals surface area (Å²) in [7, 11) is 0. The zero-order chi connectivity index (χ0) is 11.8. The monoisotopic (exact) mass is 231 g/mol. The van der Waals surface area contributed by atoms with Gasteiger partial charge in [-0.2, -0.15) is 0 Å². The second-order valence-electron chi connectivity index (χ2n) is 5.18. The van der Waals surface area contributed by atoms with Crippen molar-refractivity contribution in [1.82, 2.24) is 4.90 Å². The predicted octanol–water partition coefficient (Wildman–Crippen LogP) is 1.95. The van der Waals surface area contributed by atoms with E-state index >= 15 is 0 Å². The number of fused-ring (bicyclic) bond motifs is 2. The van der Waals surface area contributed by atoms with E-state index in [0.717, 1.165) is 24.4 Å². The van der Waals surface area contributed by atoms with Gasteiger partial charge in [0.25, 0.3) is 0 Å². The Hall–Kier alpha value is -1.51. The Morgan fingerprint density at radius 1 is 1.35 bits per heavy atom. The van der Waals surface area contributed by atoms with E-state index in [1.807, 2.05) is 17.0 Å². The minimum atomic E-state index is 0.165. The number of rotatable bonds is 2. The summed E-state index contributed by atoms with van der Waals surface area (Å²) in [5.41, 5.74) is 0.736. The molecule has 1 aromatic rings. The summed E-state index contributed by atoms with van der Waals surface area (Å²) in [5, 5.41) is 9.66. The summed E-state index contributed by atoms with van der Waals surface area (Å²) < 4.78 is 0. The molecule has 0 aromatic heterocycles. The molecule has 2 fully saturated rings. The van der Waals surface area contributed by atoms with E-state index in [-0.39, 0.29) is 11.7 Å². The molecule has 2 atom stereocenters. The Kier molecular flexibility index (Phi) is 2.54. The molecule has 1 aromatic carbocycles. The summed E-state index contributed by atoms with van der Waals surface area (Å²) in [6.07, 6.45) is 3.96. The number of phenolic OH excluding ortho intramolecular Hbond substituents is 1. The van der Waals surface area contributed by atoms with Crippen molar-refractivity contribution in [2.24, 2.45) is 5.92 Å². The minimum absolute atomic E-state index is 0.165. The van der Waals surface area contributed by atoms with Crippen LogP contribution in [0.5, 0.6) is 5.75 Å². The maximum absolute atomic E-state index is 12.2. The van der Waals surface area contributed by atoms with E-state index in [1.165, 1.54) is 12.8 Å². The number of aromatic hydroxyl groups is 1. The van der Waals surface area contributed by atoms with Gasteiger partial charge in [-0.3, -0.25) is 4.79 Å². The molecule has 1 saturated heterocycles. The van der Waals surface area contributed by atoms with Crippen LogP contribution in [0.4, 0.5) is 0 Å². The second kappa shape index (κ2) is 4.06. The molecule has 1 aliphatic carbocycles. The van der Waals surface area contributed by atoms with E-state index in [0.29, 0.717) is 12.5 Å². The number of benzene rings is 1. The molecular formula is C14H17NO2. The lowest BCUT2D eigenvalue weighted by molar-refractivity contribution is -0.132. The zero-order valence-electron chi connectivity index (χ0n) is 9.80. The Morgan fingerprint density at radius 3 is 2.82 bits per heavy atom. The lowest BCUT2D eigenvalue weighted by Crippen LogP contribution is -2.38. The van der Waals surface area contributed by atoms with Gasteiger partial charge in [0, 0.05) is 18.2 Å². The Labute approximate surface area is 101 Å². The van der Waals surface area contributed by atoms with E-state index in [9.17, 15) is 9.90 Å². The van der Waals surface area contributed by atoms with Crippen LogP contribution in [0.2, 0.25) is 0 Å². The van der Waals surface area contributed by atoms with Gasteiger partial charge in [0.05, 0.1) is 6.42 Å². The van der Waals surface area contributed by atoms with Gasteiger partial charge in [-0.05, 0) is 31.2 Å². The van der Waals surface area contributed by atoms with Crippen molar-refractivity contribution in [2.45, 2.75) is 31.7 Å². The summed E-state index contributed by atoms with van der Waals surface area (Å²) in [6, 6.07) is 7.57. The topological polar surface area (TPSA) is 40.5 Å². The molecule has 2 unspecified atom stereocenters. The Morgan fingerprint density at radius 2 is 2.18 bits per heavy atom. The molecule has 2 aliphatic rings. The van der Waals surface area contributed by atoms with Crippen LogP contribution in [-0.2, 0) is 11.2 Å². The van der Waals surface area contributed by atoms with E-state index in [2.05, 4.69) is 0 Å². The highest BCUT2D eigenvalue weighted by molar-refractivity contribution is 5.80. The van der Waals surface area contributed by atoms with Gasteiger partial charge < -0.3 is 10.0 Å². The third-order valence-electron chi connectivity index (χ3n) is 4.06. The molecule has 2 bridgehead atoms. The van der Waals surface area contributed by atoms with E-state index < -0.39 is 0 Å². The molecule has 1 heterocycles. The first-order chi connectivity index (χ1) is 8.24. The molecule has 90 valence electrons. The average molecular weight is 231 g/mol. The predicted molar refractivity (Wildman–Crippen MR) is 64.7 cm³/mol. The van der Waals surface area contributed by atoms with Gasteiger partial charge in [-0.15, -0.1) is 0 Å². The molecule has 1 aliphatic heterocycles. The van der Waals surface area contributed by atoms with Gasteiger partial charge in [-0.1, -0.05) is 18.2 Å². The summed E-state index contributed by atoms with van der Waals surface area (Å²) >= 11 is 0. The maximum atomic E-state index is 12.2. The second-order valence-corrected chi connectivity index (χ2v) is 5.18. The van der Waals surface area contributed by atoms with Gasteiger partial charge >= 0.3 is 0 Å². The number of carbonyl (C=O) groups is 1. The Bertz CT molecular complexity index is 444. The number of phenols is 1. The van der Waals surface area contributed by atoms with Gasteiger partial charge in [-0.25, -0.2) is 0 Å². The molecule has 1 amide bonds. The van der Waals surface area contributed by atoms with Crippen molar-refractivity contribution in [2.75, 3.05) is 6.54 Å². The molecule has 17 heavy (non-hydrogen) atoms. The minimum Gasteiger partial charge on any atom is -0.508 e. The van der Waals surface area contributed by atoms with Crippen molar-refractivity contribution >= 4 is 5.91 Å². The van der Waals surface area contributed by atoms with Crippen LogP contribution in [-0.4, -0.2) is 28.5 Å². The number of hydrogen-bond acceptors (Lipinski definition) is 2. The average Bonchev–Trinajstić information content (AvgIpc) is 2.94.